The molecule has 0 radical (unpaired) electrons. The number of rotatable bonds is 5. The fourth-order valence-corrected chi connectivity index (χ4v) is 4.61. The monoisotopic (exact) mass is 346 g/mol. The van der Waals surface area contributed by atoms with Gasteiger partial charge >= 0.3 is 6.03 Å². The summed E-state index contributed by atoms with van der Waals surface area (Å²) in [6.07, 6.45) is 6.15. The van der Waals surface area contributed by atoms with Gasteiger partial charge in [-0.05, 0) is 31.4 Å². The summed E-state index contributed by atoms with van der Waals surface area (Å²) < 4.78 is 5.21. The summed E-state index contributed by atoms with van der Waals surface area (Å²) in [6, 6.07) is 9.06. The number of fused-ring (bicyclic) bond motifs is 2. The van der Waals surface area contributed by atoms with Crippen molar-refractivity contribution in [3.05, 3.63) is 24.3 Å². The van der Waals surface area contributed by atoms with E-state index in [1.165, 1.54) is 25.8 Å². The Balaban J connectivity index is 1.56. The summed E-state index contributed by atoms with van der Waals surface area (Å²) >= 11 is 0. The average molecular weight is 346 g/mol. The number of piperidine rings is 2. The van der Waals surface area contributed by atoms with Crippen LogP contribution < -0.4 is 20.3 Å². The molecule has 4 atom stereocenters. The molecule has 0 aromatic heterocycles. The highest BCUT2D eigenvalue weighted by Crippen LogP contribution is 2.23. The van der Waals surface area contributed by atoms with E-state index >= 15 is 0 Å². The summed E-state index contributed by atoms with van der Waals surface area (Å²) in [7, 11) is 1.63. The molecule has 1 aromatic carbocycles. The number of carbonyl (C=O) groups is 1. The number of hydrogen-bond acceptors (Lipinski definition) is 2. The third-order valence-electron chi connectivity index (χ3n) is 5.60. The van der Waals surface area contributed by atoms with E-state index in [2.05, 4.69) is 24.5 Å². The van der Waals surface area contributed by atoms with Gasteiger partial charge in [0.2, 0.25) is 0 Å². The van der Waals surface area contributed by atoms with Crippen molar-refractivity contribution in [1.82, 2.24) is 5.32 Å². The molecule has 2 bridgehead atoms. The van der Waals surface area contributed by atoms with Gasteiger partial charge in [0.05, 0.1) is 25.7 Å². The van der Waals surface area contributed by atoms with Crippen molar-refractivity contribution in [3.8, 4) is 5.75 Å². The third-order valence-corrected chi connectivity index (χ3v) is 5.60. The highest BCUT2D eigenvalue weighted by atomic mass is 16.5. The highest BCUT2D eigenvalue weighted by molar-refractivity contribution is 5.89. The molecule has 1 aromatic rings. The number of hydrogen-bond donors (Lipinski definition) is 3. The molecule has 2 fully saturated rings. The van der Waals surface area contributed by atoms with Crippen molar-refractivity contribution < 1.29 is 14.4 Å². The summed E-state index contributed by atoms with van der Waals surface area (Å²) in [5.74, 6) is 1.48. The van der Waals surface area contributed by atoms with E-state index in [0.717, 1.165) is 30.2 Å². The summed E-state index contributed by atoms with van der Waals surface area (Å²) in [5.41, 5.74) is 0.764. The number of urea groups is 1. The van der Waals surface area contributed by atoms with Crippen LogP contribution in [0.1, 0.15) is 46.0 Å². The van der Waals surface area contributed by atoms with Crippen molar-refractivity contribution in [2.24, 2.45) is 5.92 Å². The number of amides is 2. The Kier molecular flexibility index (Phi) is 5.84. The zero-order chi connectivity index (χ0) is 17.8. The van der Waals surface area contributed by atoms with Gasteiger partial charge in [-0.1, -0.05) is 19.9 Å². The van der Waals surface area contributed by atoms with Crippen molar-refractivity contribution in [2.45, 2.75) is 64.1 Å². The Morgan fingerprint density at radius 2 is 2.00 bits per heavy atom. The van der Waals surface area contributed by atoms with Gasteiger partial charge in [0.15, 0.2) is 0 Å². The van der Waals surface area contributed by atoms with Crippen molar-refractivity contribution in [2.75, 3.05) is 19.0 Å². The van der Waals surface area contributed by atoms with Crippen LogP contribution in [0.5, 0.6) is 5.75 Å². The maximum absolute atomic E-state index is 12.4. The zero-order valence-electron chi connectivity index (χ0n) is 15.7. The molecule has 3 rings (SSSR count). The maximum Gasteiger partial charge on any atom is 0.319 e. The molecule has 5 heteroatoms. The van der Waals surface area contributed by atoms with Gasteiger partial charge in [0, 0.05) is 36.6 Å². The van der Waals surface area contributed by atoms with Gasteiger partial charge in [-0.2, -0.15) is 0 Å². The lowest BCUT2D eigenvalue weighted by Gasteiger charge is -2.46. The van der Waals surface area contributed by atoms with Crippen molar-refractivity contribution >= 4 is 11.7 Å². The zero-order valence-corrected chi connectivity index (χ0v) is 15.7. The number of quaternary nitrogens is 1. The second-order valence-electron chi connectivity index (χ2n) is 8.00. The van der Waals surface area contributed by atoms with Crippen molar-refractivity contribution in [3.63, 3.8) is 0 Å². The Hall–Kier alpha value is -1.75. The number of ether oxygens (including phenoxy) is 1. The first-order valence-electron chi connectivity index (χ1n) is 9.62. The van der Waals surface area contributed by atoms with Crippen LogP contribution in [0.4, 0.5) is 10.5 Å². The summed E-state index contributed by atoms with van der Waals surface area (Å²) in [4.78, 5) is 14.2. The number of anilines is 1. The van der Waals surface area contributed by atoms with Gasteiger partial charge in [0.25, 0.3) is 0 Å². The van der Waals surface area contributed by atoms with Crippen LogP contribution in [0, 0.1) is 5.92 Å². The number of carbonyl (C=O) groups excluding carboxylic acids is 1. The van der Waals surface area contributed by atoms with E-state index in [0.29, 0.717) is 12.1 Å². The highest BCUT2D eigenvalue weighted by Gasteiger charge is 2.42. The normalized spacial score (nSPS) is 28.5. The van der Waals surface area contributed by atoms with Crippen LogP contribution in [-0.2, 0) is 0 Å². The van der Waals surface area contributed by atoms with Crippen LogP contribution >= 0.6 is 0 Å². The number of nitrogens with one attached hydrogen (secondary N) is 3. The molecule has 2 aliphatic heterocycles. The molecule has 0 spiro atoms. The van der Waals surface area contributed by atoms with Gasteiger partial charge in [-0.3, -0.25) is 0 Å². The average Bonchev–Trinajstić information content (AvgIpc) is 2.55. The predicted octanol–water partition coefficient (Wildman–Crippen LogP) is 2.44. The molecule has 3 N–H and O–H groups in total. The second kappa shape index (κ2) is 8.09. The molecule has 2 amide bonds. The molecular weight excluding hydrogens is 314 g/mol. The van der Waals surface area contributed by atoms with E-state index in [-0.39, 0.29) is 12.1 Å². The first-order chi connectivity index (χ1) is 12.0. The number of methoxy groups -OCH3 is 1. The van der Waals surface area contributed by atoms with Crippen LogP contribution in [-0.4, -0.2) is 37.8 Å². The first kappa shape index (κ1) is 18.1. The molecule has 138 valence electrons. The molecule has 0 aliphatic carbocycles. The van der Waals surface area contributed by atoms with E-state index in [4.69, 9.17) is 4.74 Å². The molecule has 2 saturated heterocycles. The minimum absolute atomic E-state index is 0.108. The van der Waals surface area contributed by atoms with Gasteiger partial charge in [-0.25, -0.2) is 4.79 Å². The lowest BCUT2D eigenvalue weighted by molar-refractivity contribution is -0.963. The SMILES string of the molecule is COc1cccc(NC(=O)NC2C[C@H]3CCC[C@@H](C2)[NH+]3CC(C)C)c1. The Morgan fingerprint density at radius 3 is 2.64 bits per heavy atom. The van der Waals surface area contributed by atoms with Crippen LogP contribution in [0.2, 0.25) is 0 Å². The number of benzene rings is 1. The summed E-state index contributed by atoms with van der Waals surface area (Å²) in [5, 5.41) is 6.14. The van der Waals surface area contributed by atoms with E-state index < -0.39 is 0 Å². The first-order valence-corrected chi connectivity index (χ1v) is 9.62. The minimum Gasteiger partial charge on any atom is -0.497 e. The van der Waals surface area contributed by atoms with E-state index in [1.807, 2.05) is 24.3 Å². The van der Waals surface area contributed by atoms with Gasteiger partial charge < -0.3 is 20.3 Å². The van der Waals surface area contributed by atoms with E-state index in [9.17, 15) is 4.79 Å². The minimum atomic E-state index is -0.108. The lowest BCUT2D eigenvalue weighted by Crippen LogP contribution is -3.21. The standard InChI is InChI=1S/C20H31N3O2/c1-14(2)13-23-17-7-5-8-18(23)11-16(10-17)22-20(24)21-15-6-4-9-19(12-15)25-3/h4,6,9,12,14,16-18H,5,7-8,10-11,13H2,1-3H3,(H2,21,22,24)/p+1/t16?,17-,18+. The summed E-state index contributed by atoms with van der Waals surface area (Å²) in [6.45, 7) is 5.89. The van der Waals surface area contributed by atoms with Gasteiger partial charge in [-0.15, -0.1) is 0 Å². The van der Waals surface area contributed by atoms with Crippen LogP contribution in [0.25, 0.3) is 0 Å². The largest absolute Gasteiger partial charge is 0.497 e. The smallest absolute Gasteiger partial charge is 0.319 e. The molecular formula is C20H32N3O2+. The third kappa shape index (κ3) is 4.66. The Labute approximate surface area is 151 Å². The van der Waals surface area contributed by atoms with Crippen LogP contribution in [0.3, 0.4) is 0 Å². The quantitative estimate of drug-likeness (QED) is 0.767. The lowest BCUT2D eigenvalue weighted by atomic mass is 9.81. The molecule has 5 nitrogen and oxygen atoms in total. The Bertz CT molecular complexity index is 576. The fraction of sp³-hybridized carbons (Fsp3) is 0.650. The Morgan fingerprint density at radius 1 is 1.28 bits per heavy atom. The molecule has 25 heavy (non-hydrogen) atoms. The molecule has 2 unspecified atom stereocenters. The van der Waals surface area contributed by atoms with Crippen molar-refractivity contribution in [1.29, 1.82) is 0 Å². The van der Waals surface area contributed by atoms with Gasteiger partial charge in [0.1, 0.15) is 5.75 Å². The van der Waals surface area contributed by atoms with E-state index in [1.54, 1.807) is 12.0 Å². The molecule has 2 aliphatic rings. The maximum atomic E-state index is 12.4. The predicted molar refractivity (Wildman–Crippen MR) is 100 cm³/mol. The van der Waals surface area contributed by atoms with Crippen LogP contribution in [0.15, 0.2) is 24.3 Å². The fourth-order valence-electron chi connectivity index (χ4n) is 4.61. The topological polar surface area (TPSA) is 54.8 Å². The molecule has 0 saturated carbocycles. The molecule has 2 heterocycles. The second-order valence-corrected chi connectivity index (χ2v) is 8.00.